The highest BCUT2D eigenvalue weighted by molar-refractivity contribution is 7.86. The SMILES string of the molecule is CC.CC(C)c1cc(-c2ccc(NS(=O)c3cccc(F)c3)cc2)c2c(n1)NN(C)C2N. The molecule has 1 aliphatic rings. The van der Waals surface area contributed by atoms with Crippen molar-refractivity contribution in [2.75, 3.05) is 17.2 Å². The lowest BCUT2D eigenvalue weighted by Crippen LogP contribution is -2.28. The number of pyridine rings is 1. The second-order valence-corrected chi connectivity index (χ2v) is 8.80. The molecule has 0 saturated heterocycles. The zero-order chi connectivity index (χ0) is 23.4. The van der Waals surface area contributed by atoms with Crippen LogP contribution in [0.25, 0.3) is 11.1 Å². The predicted octanol–water partition coefficient (Wildman–Crippen LogP) is 5.40. The molecule has 2 unspecified atom stereocenters. The van der Waals surface area contributed by atoms with E-state index in [1.54, 1.807) is 6.07 Å². The van der Waals surface area contributed by atoms with Crippen LogP contribution in [0.4, 0.5) is 15.9 Å². The third-order valence-corrected chi connectivity index (χ3v) is 6.19. The number of hydrogen-bond donors (Lipinski definition) is 3. The van der Waals surface area contributed by atoms with Crippen molar-refractivity contribution in [1.29, 1.82) is 0 Å². The van der Waals surface area contributed by atoms with E-state index in [1.165, 1.54) is 18.2 Å². The summed E-state index contributed by atoms with van der Waals surface area (Å²) in [5, 5.41) is 1.84. The number of nitrogens with two attached hydrogens (primary N) is 1. The number of hydrogen-bond acceptors (Lipinski definition) is 5. The molecule has 2 atom stereocenters. The van der Waals surface area contributed by atoms with E-state index >= 15 is 0 Å². The fraction of sp³-hybridized carbons (Fsp3) is 0.292. The van der Waals surface area contributed by atoms with Crippen LogP contribution in [0.3, 0.4) is 0 Å². The third-order valence-electron chi connectivity index (χ3n) is 5.08. The highest BCUT2D eigenvalue weighted by atomic mass is 32.2. The van der Waals surface area contributed by atoms with Crippen LogP contribution < -0.4 is 15.9 Å². The van der Waals surface area contributed by atoms with Crippen molar-refractivity contribution in [3.05, 3.63) is 71.7 Å². The van der Waals surface area contributed by atoms with E-state index in [1.807, 2.05) is 50.2 Å². The van der Waals surface area contributed by atoms with Crippen LogP contribution >= 0.6 is 0 Å². The maximum Gasteiger partial charge on any atom is 0.150 e. The van der Waals surface area contributed by atoms with Gasteiger partial charge in [-0.2, -0.15) is 0 Å². The van der Waals surface area contributed by atoms with Crippen LogP contribution in [-0.2, 0) is 11.0 Å². The van der Waals surface area contributed by atoms with Gasteiger partial charge in [-0.3, -0.25) is 0 Å². The van der Waals surface area contributed by atoms with E-state index in [-0.39, 0.29) is 12.1 Å². The lowest BCUT2D eigenvalue weighted by molar-refractivity contribution is 0.328. The number of rotatable bonds is 5. The first-order valence-electron chi connectivity index (χ1n) is 10.7. The van der Waals surface area contributed by atoms with Crippen LogP contribution in [0.1, 0.15) is 51.0 Å². The summed E-state index contributed by atoms with van der Waals surface area (Å²) in [6, 6.07) is 15.4. The van der Waals surface area contributed by atoms with Crippen molar-refractivity contribution >= 4 is 22.5 Å². The summed E-state index contributed by atoms with van der Waals surface area (Å²) < 4.78 is 28.8. The van der Waals surface area contributed by atoms with Gasteiger partial charge in [-0.1, -0.05) is 45.9 Å². The molecule has 170 valence electrons. The highest BCUT2D eigenvalue weighted by Crippen LogP contribution is 2.39. The molecule has 0 radical (unpaired) electrons. The van der Waals surface area contributed by atoms with E-state index in [0.29, 0.717) is 10.6 Å². The molecule has 3 aromatic rings. The van der Waals surface area contributed by atoms with Crippen LogP contribution in [0.5, 0.6) is 0 Å². The summed E-state index contributed by atoms with van der Waals surface area (Å²) in [5.74, 6) is 0.633. The van der Waals surface area contributed by atoms with Crippen LogP contribution in [0.2, 0.25) is 0 Å². The first-order valence-corrected chi connectivity index (χ1v) is 11.8. The molecule has 32 heavy (non-hydrogen) atoms. The lowest BCUT2D eigenvalue weighted by Gasteiger charge is -2.16. The molecule has 0 amide bonds. The molecule has 1 aliphatic heterocycles. The fourth-order valence-corrected chi connectivity index (χ4v) is 4.28. The Morgan fingerprint density at radius 2 is 1.84 bits per heavy atom. The van der Waals surface area contributed by atoms with Gasteiger partial charge in [0.15, 0.2) is 0 Å². The highest BCUT2D eigenvalue weighted by Gasteiger charge is 2.29. The molecule has 0 spiro atoms. The number of aromatic nitrogens is 1. The Labute approximate surface area is 191 Å². The van der Waals surface area contributed by atoms with E-state index in [2.05, 4.69) is 30.1 Å². The van der Waals surface area contributed by atoms with Crippen LogP contribution in [0.15, 0.2) is 59.5 Å². The Hall–Kier alpha value is -2.81. The zero-order valence-electron chi connectivity index (χ0n) is 19.0. The predicted molar refractivity (Wildman–Crippen MR) is 130 cm³/mol. The van der Waals surface area contributed by atoms with Crippen molar-refractivity contribution in [3.8, 4) is 11.1 Å². The van der Waals surface area contributed by atoms with Gasteiger partial charge in [0, 0.05) is 24.0 Å². The van der Waals surface area contributed by atoms with Gasteiger partial charge in [0.2, 0.25) is 0 Å². The number of hydrazine groups is 1. The van der Waals surface area contributed by atoms with Crippen LogP contribution in [0, 0.1) is 5.82 Å². The van der Waals surface area contributed by atoms with Crippen molar-refractivity contribution in [3.63, 3.8) is 0 Å². The van der Waals surface area contributed by atoms with Crippen molar-refractivity contribution in [2.24, 2.45) is 5.73 Å². The molecule has 2 aromatic carbocycles. The number of anilines is 2. The molecule has 4 rings (SSSR count). The minimum absolute atomic E-state index is 0.271. The smallest absolute Gasteiger partial charge is 0.150 e. The summed E-state index contributed by atoms with van der Waals surface area (Å²) in [6.45, 7) is 8.21. The molecule has 4 N–H and O–H groups in total. The Kier molecular flexibility index (Phi) is 7.60. The van der Waals surface area contributed by atoms with E-state index < -0.39 is 16.8 Å². The van der Waals surface area contributed by atoms with Crippen molar-refractivity contribution in [2.45, 2.75) is 44.7 Å². The third kappa shape index (κ3) is 4.98. The van der Waals surface area contributed by atoms with E-state index in [4.69, 9.17) is 10.7 Å². The second kappa shape index (κ2) is 10.2. The number of nitrogens with zero attached hydrogens (tertiary/aromatic N) is 2. The Bertz CT molecular complexity index is 1100. The molecular formula is C24H30FN5OS. The van der Waals surface area contributed by atoms with Crippen LogP contribution in [-0.4, -0.2) is 21.2 Å². The van der Waals surface area contributed by atoms with Gasteiger partial charge in [-0.05, 0) is 53.4 Å². The summed E-state index contributed by atoms with van der Waals surface area (Å²) in [6.07, 6.45) is -0.304. The fourth-order valence-electron chi connectivity index (χ4n) is 3.39. The molecule has 0 aliphatic carbocycles. The van der Waals surface area contributed by atoms with Gasteiger partial charge in [0.1, 0.15) is 28.8 Å². The first kappa shape index (κ1) is 23.8. The maximum absolute atomic E-state index is 13.4. The summed E-state index contributed by atoms with van der Waals surface area (Å²) >= 11 is 0. The minimum Gasteiger partial charge on any atom is -0.310 e. The summed E-state index contributed by atoms with van der Waals surface area (Å²) in [4.78, 5) is 5.10. The molecule has 0 saturated carbocycles. The molecule has 0 bridgehead atoms. The Morgan fingerprint density at radius 3 is 2.47 bits per heavy atom. The topological polar surface area (TPSA) is 83.3 Å². The molecule has 0 fully saturated rings. The second-order valence-electron chi connectivity index (χ2n) is 7.58. The first-order chi connectivity index (χ1) is 15.3. The number of halogens is 1. The molecule has 8 heteroatoms. The largest absolute Gasteiger partial charge is 0.310 e. The standard InChI is InChI=1S/C22H24FN5OS.C2H6/c1-13(2)19-12-18(20-21(24)28(3)26-22(20)25-19)14-7-9-16(10-8-14)27-30(29)17-6-4-5-15(23)11-17;1-2/h4-13,21,27H,24H2,1-3H3,(H,25,26);1-2H3. The Balaban J connectivity index is 0.00000141. The quantitative estimate of drug-likeness (QED) is 0.480. The zero-order valence-corrected chi connectivity index (χ0v) is 19.8. The normalized spacial score (nSPS) is 16.1. The monoisotopic (exact) mass is 455 g/mol. The molecular weight excluding hydrogens is 425 g/mol. The van der Waals surface area contributed by atoms with Gasteiger partial charge in [0.05, 0.1) is 4.90 Å². The van der Waals surface area contributed by atoms with Crippen molar-refractivity contribution < 1.29 is 8.60 Å². The average Bonchev–Trinajstić information content (AvgIpc) is 3.08. The number of fused-ring (bicyclic) bond motifs is 1. The van der Waals surface area contributed by atoms with Gasteiger partial charge in [0.25, 0.3) is 0 Å². The summed E-state index contributed by atoms with van der Waals surface area (Å²) in [7, 11) is 0.336. The van der Waals surface area contributed by atoms with E-state index in [0.717, 1.165) is 28.2 Å². The van der Waals surface area contributed by atoms with Gasteiger partial charge >= 0.3 is 0 Å². The number of nitrogens with one attached hydrogen (secondary N) is 2. The molecule has 6 nitrogen and oxygen atoms in total. The van der Waals surface area contributed by atoms with Gasteiger partial charge in [-0.25, -0.2) is 18.6 Å². The average molecular weight is 456 g/mol. The Morgan fingerprint density at radius 1 is 1.16 bits per heavy atom. The molecule has 1 aromatic heterocycles. The lowest BCUT2D eigenvalue weighted by atomic mass is 9.96. The van der Waals surface area contributed by atoms with Gasteiger partial charge < -0.3 is 15.9 Å². The minimum atomic E-state index is -1.55. The van der Waals surface area contributed by atoms with E-state index in [9.17, 15) is 8.60 Å². The van der Waals surface area contributed by atoms with Crippen molar-refractivity contribution in [1.82, 2.24) is 9.99 Å². The maximum atomic E-state index is 13.4. The summed E-state index contributed by atoms with van der Waals surface area (Å²) in [5.41, 5.74) is 14.2. The number of benzene rings is 2. The van der Waals surface area contributed by atoms with Gasteiger partial charge in [-0.15, -0.1) is 0 Å². The molecule has 2 heterocycles.